The molecule has 0 atom stereocenters. The topological polar surface area (TPSA) is 128 Å². The van der Waals surface area contributed by atoms with Gasteiger partial charge in [-0.2, -0.15) is 9.29 Å². The highest BCUT2D eigenvalue weighted by Gasteiger charge is 2.26. The Kier molecular flexibility index (Phi) is 6.90. The quantitative estimate of drug-likeness (QED) is 0.252. The summed E-state index contributed by atoms with van der Waals surface area (Å²) >= 11 is 0. The fourth-order valence-corrected chi connectivity index (χ4v) is 5.05. The molecule has 1 N–H and O–H groups in total. The molecule has 1 aromatic heterocycles. The SMILES string of the molecule is CCN(CC)S(=O)(=O)c1ccc(Nc2ncnc(Oc3ccc4ccccc4c3)c2[N+](=O)[O-])cc1. The molecule has 0 radical (unpaired) electrons. The van der Waals surface area contributed by atoms with Gasteiger partial charge in [0.05, 0.1) is 9.82 Å². The molecule has 180 valence electrons. The molecule has 0 aliphatic rings. The number of ether oxygens (including phenoxy) is 1. The molecule has 0 amide bonds. The second-order valence-corrected chi connectivity index (χ2v) is 9.42. The van der Waals surface area contributed by atoms with E-state index in [-0.39, 0.29) is 16.6 Å². The Bertz CT molecular complexity index is 1470. The second-order valence-electron chi connectivity index (χ2n) is 7.48. The molecule has 0 fully saturated rings. The largest absolute Gasteiger partial charge is 0.434 e. The van der Waals surface area contributed by atoms with E-state index in [0.29, 0.717) is 24.5 Å². The summed E-state index contributed by atoms with van der Waals surface area (Å²) in [5.41, 5.74) is -0.0255. The fraction of sp³-hybridized carbons (Fsp3) is 0.167. The van der Waals surface area contributed by atoms with Crippen molar-refractivity contribution in [2.24, 2.45) is 0 Å². The number of hydrogen-bond acceptors (Lipinski definition) is 8. The monoisotopic (exact) mass is 493 g/mol. The Hall–Kier alpha value is -4.09. The molecule has 0 saturated carbocycles. The summed E-state index contributed by atoms with van der Waals surface area (Å²) < 4.78 is 32.5. The Morgan fingerprint density at radius 3 is 2.31 bits per heavy atom. The maximum Gasteiger partial charge on any atom is 0.373 e. The van der Waals surface area contributed by atoms with Crippen LogP contribution >= 0.6 is 0 Å². The van der Waals surface area contributed by atoms with Gasteiger partial charge in [-0.1, -0.05) is 44.2 Å². The molecule has 3 aromatic carbocycles. The summed E-state index contributed by atoms with van der Waals surface area (Å²) in [4.78, 5) is 19.4. The molecule has 0 aliphatic carbocycles. The molecule has 4 aromatic rings. The lowest BCUT2D eigenvalue weighted by Crippen LogP contribution is -2.30. The van der Waals surface area contributed by atoms with Gasteiger partial charge in [0, 0.05) is 18.8 Å². The fourth-order valence-electron chi connectivity index (χ4n) is 3.60. The minimum atomic E-state index is -3.62. The number of fused-ring (bicyclic) bond motifs is 1. The van der Waals surface area contributed by atoms with E-state index >= 15 is 0 Å². The number of aromatic nitrogens is 2. The van der Waals surface area contributed by atoms with Crippen LogP contribution < -0.4 is 10.1 Å². The van der Waals surface area contributed by atoms with Crippen LogP contribution in [0.4, 0.5) is 17.2 Å². The van der Waals surface area contributed by atoms with Crippen molar-refractivity contribution in [3.63, 3.8) is 0 Å². The lowest BCUT2D eigenvalue weighted by atomic mass is 10.1. The maximum atomic E-state index is 12.7. The summed E-state index contributed by atoms with van der Waals surface area (Å²) in [6.45, 7) is 4.24. The number of sulfonamides is 1. The van der Waals surface area contributed by atoms with Gasteiger partial charge in [-0.25, -0.2) is 13.4 Å². The standard InChI is InChI=1S/C24H23N5O5S/c1-3-28(4-2)35(32,33)21-13-10-19(11-14-21)27-23-22(29(30)31)24(26-16-25-23)34-20-12-9-17-7-5-6-8-18(17)15-20/h5-16H,3-4H2,1-2H3,(H,25,26,27). The average Bonchev–Trinajstić information content (AvgIpc) is 2.85. The Balaban J connectivity index is 1.62. The first-order chi connectivity index (χ1) is 16.8. The van der Waals surface area contributed by atoms with Gasteiger partial charge in [-0.05, 0) is 47.2 Å². The van der Waals surface area contributed by atoms with Crippen LogP contribution in [-0.2, 0) is 10.0 Å². The maximum absolute atomic E-state index is 12.7. The first-order valence-corrected chi connectivity index (χ1v) is 12.3. The van der Waals surface area contributed by atoms with Crippen LogP contribution in [0.5, 0.6) is 11.6 Å². The second kappa shape index (κ2) is 10.0. The minimum Gasteiger partial charge on any atom is -0.434 e. The lowest BCUT2D eigenvalue weighted by molar-refractivity contribution is -0.385. The molecule has 0 saturated heterocycles. The molecule has 1 heterocycles. The van der Waals surface area contributed by atoms with Crippen LogP contribution in [0.2, 0.25) is 0 Å². The van der Waals surface area contributed by atoms with Gasteiger partial charge in [0.1, 0.15) is 12.1 Å². The molecular weight excluding hydrogens is 470 g/mol. The lowest BCUT2D eigenvalue weighted by Gasteiger charge is -2.18. The van der Waals surface area contributed by atoms with Crippen molar-refractivity contribution in [2.75, 3.05) is 18.4 Å². The predicted molar refractivity (Wildman–Crippen MR) is 133 cm³/mol. The number of anilines is 2. The minimum absolute atomic E-state index is 0.0832. The molecule has 10 nitrogen and oxygen atoms in total. The molecule has 4 rings (SSSR count). The number of nitrogens with zero attached hydrogens (tertiary/aromatic N) is 4. The molecule has 0 unspecified atom stereocenters. The van der Waals surface area contributed by atoms with Crippen molar-refractivity contribution in [1.82, 2.24) is 14.3 Å². The van der Waals surface area contributed by atoms with E-state index in [9.17, 15) is 18.5 Å². The average molecular weight is 494 g/mol. The van der Waals surface area contributed by atoms with Gasteiger partial charge < -0.3 is 10.1 Å². The molecule has 11 heteroatoms. The van der Waals surface area contributed by atoms with E-state index < -0.39 is 20.6 Å². The Morgan fingerprint density at radius 1 is 0.971 bits per heavy atom. The molecule has 35 heavy (non-hydrogen) atoms. The van der Waals surface area contributed by atoms with Crippen molar-refractivity contribution >= 4 is 38.0 Å². The van der Waals surface area contributed by atoms with Gasteiger partial charge in [0.2, 0.25) is 15.8 Å². The van der Waals surface area contributed by atoms with Gasteiger partial charge in [0.15, 0.2) is 0 Å². The number of hydrogen-bond donors (Lipinski definition) is 1. The number of nitrogens with one attached hydrogen (secondary N) is 1. The van der Waals surface area contributed by atoms with Gasteiger partial charge in [0.25, 0.3) is 0 Å². The van der Waals surface area contributed by atoms with Crippen LogP contribution in [0, 0.1) is 10.1 Å². The van der Waals surface area contributed by atoms with Crippen molar-refractivity contribution in [1.29, 1.82) is 0 Å². The smallest absolute Gasteiger partial charge is 0.373 e. The van der Waals surface area contributed by atoms with Crippen LogP contribution in [0.15, 0.2) is 78.0 Å². The van der Waals surface area contributed by atoms with Gasteiger partial charge >= 0.3 is 11.6 Å². The number of benzene rings is 3. The summed E-state index contributed by atoms with van der Waals surface area (Å²) in [5.74, 6) is 0.0889. The summed E-state index contributed by atoms with van der Waals surface area (Å²) in [5, 5.41) is 16.7. The zero-order valence-corrected chi connectivity index (χ0v) is 19.9. The number of nitro groups is 1. The third-order valence-electron chi connectivity index (χ3n) is 5.37. The van der Waals surface area contributed by atoms with E-state index in [2.05, 4.69) is 15.3 Å². The first-order valence-electron chi connectivity index (χ1n) is 10.9. The molecule has 0 bridgehead atoms. The third kappa shape index (κ3) is 5.05. The highest BCUT2D eigenvalue weighted by atomic mass is 32.2. The third-order valence-corrected chi connectivity index (χ3v) is 7.43. The predicted octanol–water partition coefficient (Wildman–Crippen LogP) is 5.10. The zero-order chi connectivity index (χ0) is 25.0. The molecule has 0 spiro atoms. The van der Waals surface area contributed by atoms with E-state index in [1.54, 1.807) is 26.0 Å². The van der Waals surface area contributed by atoms with E-state index in [4.69, 9.17) is 4.74 Å². The van der Waals surface area contributed by atoms with E-state index in [1.165, 1.54) is 28.6 Å². The molecular formula is C24H23N5O5S. The van der Waals surface area contributed by atoms with Crippen molar-refractivity contribution in [3.8, 4) is 11.6 Å². The van der Waals surface area contributed by atoms with E-state index in [1.807, 2.05) is 30.3 Å². The highest BCUT2D eigenvalue weighted by molar-refractivity contribution is 7.89. The van der Waals surface area contributed by atoms with Crippen molar-refractivity contribution < 1.29 is 18.1 Å². The Morgan fingerprint density at radius 2 is 1.66 bits per heavy atom. The summed E-state index contributed by atoms with van der Waals surface area (Å²) in [7, 11) is -3.62. The summed E-state index contributed by atoms with van der Waals surface area (Å²) in [6, 6.07) is 18.9. The number of rotatable bonds is 9. The zero-order valence-electron chi connectivity index (χ0n) is 19.1. The van der Waals surface area contributed by atoms with Crippen LogP contribution in [-0.4, -0.2) is 40.7 Å². The summed E-state index contributed by atoms with van der Waals surface area (Å²) in [6.07, 6.45) is 1.16. The van der Waals surface area contributed by atoms with Crippen molar-refractivity contribution in [2.45, 2.75) is 18.7 Å². The Labute approximate surface area is 202 Å². The normalized spacial score (nSPS) is 11.5. The van der Waals surface area contributed by atoms with Crippen LogP contribution in [0.1, 0.15) is 13.8 Å². The highest BCUT2D eigenvalue weighted by Crippen LogP contribution is 2.36. The van der Waals surface area contributed by atoms with Gasteiger partial charge in [-0.3, -0.25) is 10.1 Å². The van der Waals surface area contributed by atoms with E-state index in [0.717, 1.165) is 17.1 Å². The van der Waals surface area contributed by atoms with Crippen molar-refractivity contribution in [3.05, 3.63) is 83.2 Å². The van der Waals surface area contributed by atoms with Crippen LogP contribution in [0.25, 0.3) is 10.8 Å². The van der Waals surface area contributed by atoms with Gasteiger partial charge in [-0.15, -0.1) is 0 Å². The first kappa shape index (κ1) is 24.0. The molecule has 0 aliphatic heterocycles. The van der Waals surface area contributed by atoms with Crippen LogP contribution in [0.3, 0.4) is 0 Å².